The van der Waals surface area contributed by atoms with Gasteiger partial charge in [0.2, 0.25) is 5.78 Å². The zero-order valence-electron chi connectivity index (χ0n) is 15.3. The first-order valence-corrected chi connectivity index (χ1v) is 9.41. The molecule has 1 N–H and O–H groups in total. The van der Waals surface area contributed by atoms with Gasteiger partial charge in [-0.05, 0) is 45.0 Å². The predicted octanol–water partition coefficient (Wildman–Crippen LogP) is 2.37. The lowest BCUT2D eigenvalue weighted by Gasteiger charge is -2.33. The van der Waals surface area contributed by atoms with Gasteiger partial charge in [0.05, 0.1) is 26.2 Å². The molecule has 0 unspecified atom stereocenters. The number of ketones is 1. The molecule has 1 aromatic carbocycles. The Morgan fingerprint density at radius 1 is 1.20 bits per heavy atom. The minimum atomic E-state index is 0.263. The molecule has 0 atom stereocenters. The van der Waals surface area contributed by atoms with E-state index in [9.17, 15) is 4.79 Å². The molecule has 1 fully saturated rings. The minimum absolute atomic E-state index is 0.263. The number of benzene rings is 1. The summed E-state index contributed by atoms with van der Waals surface area (Å²) in [4.78, 5) is 16.5. The fraction of sp³-hybridized carbons (Fsp3) is 0.450. The third kappa shape index (κ3) is 3.91. The van der Waals surface area contributed by atoms with E-state index in [1.807, 2.05) is 24.3 Å². The largest absolute Gasteiger partial charge is 0.360 e. The lowest BCUT2D eigenvalue weighted by atomic mass is 10.1. The molecule has 5 heteroatoms. The maximum absolute atomic E-state index is 12.7. The summed E-state index contributed by atoms with van der Waals surface area (Å²) in [5.74, 6) is 0.263. The second-order valence-electron chi connectivity index (χ2n) is 6.85. The van der Waals surface area contributed by atoms with Crippen molar-refractivity contribution in [1.29, 1.82) is 0 Å². The highest BCUT2D eigenvalue weighted by molar-refractivity contribution is 6.30. The van der Waals surface area contributed by atoms with Gasteiger partial charge < -0.3 is 14.4 Å². The number of carbonyl (C=O) groups excluding carboxylic acids is 1. The molecule has 0 saturated carbocycles. The summed E-state index contributed by atoms with van der Waals surface area (Å²) in [5, 5.41) is 0.772. The summed E-state index contributed by atoms with van der Waals surface area (Å²) >= 11 is 6.09. The monoisotopic (exact) mass is 360 g/mol. The SMILES string of the molecule is CCn1c(C)cc(C(=O)C[NH+]2CCN(c3cccc(Cl)c3)CC2)c1C. The smallest absolute Gasteiger partial charge is 0.218 e. The first kappa shape index (κ1) is 18.0. The van der Waals surface area contributed by atoms with E-state index in [-0.39, 0.29) is 5.78 Å². The van der Waals surface area contributed by atoms with E-state index in [0.29, 0.717) is 6.54 Å². The van der Waals surface area contributed by atoms with Crippen molar-refractivity contribution < 1.29 is 9.69 Å². The molecule has 3 rings (SSSR count). The summed E-state index contributed by atoms with van der Waals surface area (Å²) < 4.78 is 2.21. The predicted molar refractivity (Wildman–Crippen MR) is 103 cm³/mol. The summed E-state index contributed by atoms with van der Waals surface area (Å²) in [6.45, 7) is 11.6. The molecule has 2 heterocycles. The zero-order chi connectivity index (χ0) is 18.0. The van der Waals surface area contributed by atoms with E-state index in [0.717, 1.165) is 49.0 Å². The van der Waals surface area contributed by atoms with Crippen molar-refractivity contribution in [3.63, 3.8) is 0 Å². The number of hydrogen-bond acceptors (Lipinski definition) is 2. The highest BCUT2D eigenvalue weighted by atomic mass is 35.5. The van der Waals surface area contributed by atoms with E-state index in [4.69, 9.17) is 11.6 Å². The summed E-state index contributed by atoms with van der Waals surface area (Å²) in [6.07, 6.45) is 0. The van der Waals surface area contributed by atoms with Crippen molar-refractivity contribution in [2.75, 3.05) is 37.6 Å². The van der Waals surface area contributed by atoms with Crippen LogP contribution in [0.15, 0.2) is 30.3 Å². The van der Waals surface area contributed by atoms with E-state index >= 15 is 0 Å². The number of aryl methyl sites for hydroxylation is 1. The molecule has 1 saturated heterocycles. The van der Waals surface area contributed by atoms with E-state index in [2.05, 4.69) is 36.3 Å². The Kier molecular flexibility index (Phi) is 5.50. The lowest BCUT2D eigenvalue weighted by Crippen LogP contribution is -3.15. The average molecular weight is 361 g/mol. The Balaban J connectivity index is 1.60. The zero-order valence-corrected chi connectivity index (χ0v) is 16.1. The highest BCUT2D eigenvalue weighted by Gasteiger charge is 2.24. The van der Waals surface area contributed by atoms with Gasteiger partial charge in [-0.25, -0.2) is 0 Å². The molecule has 1 aromatic heterocycles. The van der Waals surface area contributed by atoms with Crippen LogP contribution in [0.3, 0.4) is 0 Å². The third-order valence-corrected chi connectivity index (χ3v) is 5.48. The molecule has 0 spiro atoms. The van der Waals surface area contributed by atoms with Crippen molar-refractivity contribution in [3.8, 4) is 0 Å². The van der Waals surface area contributed by atoms with Crippen LogP contribution < -0.4 is 9.80 Å². The van der Waals surface area contributed by atoms with Crippen molar-refractivity contribution in [3.05, 3.63) is 52.3 Å². The van der Waals surface area contributed by atoms with Gasteiger partial charge in [0.15, 0.2) is 0 Å². The van der Waals surface area contributed by atoms with Crippen LogP contribution in [0.1, 0.15) is 28.7 Å². The summed E-state index contributed by atoms with van der Waals surface area (Å²) in [6, 6.07) is 10.0. The summed E-state index contributed by atoms with van der Waals surface area (Å²) in [5.41, 5.74) is 4.33. The number of rotatable bonds is 5. The Morgan fingerprint density at radius 3 is 2.52 bits per heavy atom. The van der Waals surface area contributed by atoms with Gasteiger partial charge in [0, 0.05) is 34.2 Å². The van der Waals surface area contributed by atoms with Crippen LogP contribution in [-0.2, 0) is 6.54 Å². The fourth-order valence-corrected chi connectivity index (χ4v) is 4.01. The fourth-order valence-electron chi connectivity index (χ4n) is 3.82. The molecular weight excluding hydrogens is 334 g/mol. The normalized spacial score (nSPS) is 15.6. The Hall–Kier alpha value is -1.78. The van der Waals surface area contributed by atoms with Crippen LogP contribution in [0, 0.1) is 13.8 Å². The van der Waals surface area contributed by atoms with Crippen LogP contribution >= 0.6 is 11.6 Å². The van der Waals surface area contributed by atoms with E-state index < -0.39 is 0 Å². The molecule has 1 aliphatic heterocycles. The number of halogens is 1. The second kappa shape index (κ2) is 7.63. The van der Waals surface area contributed by atoms with Crippen molar-refractivity contribution in [2.24, 2.45) is 0 Å². The molecule has 0 radical (unpaired) electrons. The quantitative estimate of drug-likeness (QED) is 0.829. The number of hydrogen-bond donors (Lipinski definition) is 1. The number of piperazine rings is 1. The first-order chi connectivity index (χ1) is 12.0. The number of anilines is 1. The average Bonchev–Trinajstić information content (AvgIpc) is 2.89. The second-order valence-corrected chi connectivity index (χ2v) is 7.28. The van der Waals surface area contributed by atoms with Crippen LogP contribution in [0.5, 0.6) is 0 Å². The lowest BCUT2D eigenvalue weighted by molar-refractivity contribution is -0.892. The molecule has 134 valence electrons. The van der Waals surface area contributed by atoms with Crippen molar-refractivity contribution in [2.45, 2.75) is 27.3 Å². The molecule has 2 aromatic rings. The third-order valence-electron chi connectivity index (χ3n) is 5.24. The Morgan fingerprint density at radius 2 is 1.92 bits per heavy atom. The maximum atomic E-state index is 12.7. The standard InChI is InChI=1S/C20H26ClN3O/c1-4-24-15(2)12-19(16(24)3)20(25)14-22-8-10-23(11-9-22)18-7-5-6-17(21)13-18/h5-7,12-13H,4,8-11,14H2,1-3H3/p+1. The topological polar surface area (TPSA) is 29.7 Å². The molecule has 0 bridgehead atoms. The number of nitrogens with one attached hydrogen (secondary N) is 1. The van der Waals surface area contributed by atoms with Crippen LogP contribution in [-0.4, -0.2) is 43.1 Å². The minimum Gasteiger partial charge on any atom is -0.360 e. The number of Topliss-reactive ketones (excluding diaryl/α,β-unsaturated/α-hetero) is 1. The molecule has 0 amide bonds. The van der Waals surface area contributed by atoms with Gasteiger partial charge >= 0.3 is 0 Å². The van der Waals surface area contributed by atoms with E-state index in [1.165, 1.54) is 16.3 Å². The van der Waals surface area contributed by atoms with Crippen LogP contribution in [0.2, 0.25) is 5.02 Å². The highest BCUT2D eigenvalue weighted by Crippen LogP contribution is 2.19. The number of quaternary nitrogens is 1. The van der Waals surface area contributed by atoms with Crippen molar-refractivity contribution >= 4 is 23.1 Å². The Bertz CT molecular complexity index is 760. The molecule has 1 aliphatic rings. The maximum Gasteiger partial charge on any atom is 0.218 e. The summed E-state index contributed by atoms with van der Waals surface area (Å²) in [7, 11) is 0. The Labute approximate surface area is 155 Å². The van der Waals surface area contributed by atoms with Gasteiger partial charge in [-0.15, -0.1) is 0 Å². The number of aromatic nitrogens is 1. The molecule has 4 nitrogen and oxygen atoms in total. The van der Waals surface area contributed by atoms with Gasteiger partial charge in [-0.1, -0.05) is 17.7 Å². The molecule has 0 aliphatic carbocycles. The molecule has 25 heavy (non-hydrogen) atoms. The van der Waals surface area contributed by atoms with Gasteiger partial charge in [0.1, 0.15) is 6.54 Å². The number of carbonyl (C=O) groups is 1. The number of nitrogens with zero attached hydrogens (tertiary/aromatic N) is 2. The van der Waals surface area contributed by atoms with E-state index in [1.54, 1.807) is 0 Å². The first-order valence-electron chi connectivity index (χ1n) is 9.03. The van der Waals surface area contributed by atoms with Gasteiger partial charge in [-0.3, -0.25) is 4.79 Å². The van der Waals surface area contributed by atoms with Gasteiger partial charge in [0.25, 0.3) is 0 Å². The van der Waals surface area contributed by atoms with Crippen LogP contribution in [0.25, 0.3) is 0 Å². The molecular formula is C20H27ClN3O+. The van der Waals surface area contributed by atoms with Gasteiger partial charge in [-0.2, -0.15) is 0 Å². The van der Waals surface area contributed by atoms with Crippen LogP contribution in [0.4, 0.5) is 5.69 Å². The van der Waals surface area contributed by atoms with Crippen molar-refractivity contribution in [1.82, 2.24) is 4.57 Å².